The molecule has 122 valence electrons. The fourth-order valence-corrected chi connectivity index (χ4v) is 2.90. The third-order valence-electron chi connectivity index (χ3n) is 4.28. The maximum absolute atomic E-state index is 4.85. The smallest absolute Gasteiger partial charge is 0.232 e. The molecule has 2 aromatic rings. The first-order valence-corrected chi connectivity index (χ1v) is 8.29. The molecule has 0 N–H and O–H groups in total. The maximum atomic E-state index is 4.85. The first kappa shape index (κ1) is 15.7. The van der Waals surface area contributed by atoms with Gasteiger partial charge in [-0.15, -0.1) is 0 Å². The van der Waals surface area contributed by atoms with Crippen LogP contribution in [0.2, 0.25) is 0 Å². The SMILES string of the molecule is CCN(c1ccccc1)c1nc(C)cc(N2CCN(C)CC2)n1. The summed E-state index contributed by atoms with van der Waals surface area (Å²) in [6.07, 6.45) is 0. The molecule has 1 fully saturated rings. The van der Waals surface area contributed by atoms with Crippen LogP contribution in [0.15, 0.2) is 36.4 Å². The lowest BCUT2D eigenvalue weighted by molar-refractivity contribution is 0.312. The molecular formula is C18H25N5. The summed E-state index contributed by atoms with van der Waals surface area (Å²) in [7, 11) is 2.17. The van der Waals surface area contributed by atoms with Crippen molar-refractivity contribution in [2.45, 2.75) is 13.8 Å². The van der Waals surface area contributed by atoms with Crippen molar-refractivity contribution in [3.63, 3.8) is 0 Å². The monoisotopic (exact) mass is 311 g/mol. The van der Waals surface area contributed by atoms with Crippen LogP contribution in [0, 0.1) is 6.92 Å². The van der Waals surface area contributed by atoms with E-state index >= 15 is 0 Å². The second kappa shape index (κ2) is 6.96. The molecular weight excluding hydrogens is 286 g/mol. The minimum Gasteiger partial charge on any atom is -0.354 e. The van der Waals surface area contributed by atoms with Crippen LogP contribution in [0.1, 0.15) is 12.6 Å². The third-order valence-corrected chi connectivity index (χ3v) is 4.28. The van der Waals surface area contributed by atoms with E-state index in [1.54, 1.807) is 0 Å². The normalized spacial score (nSPS) is 15.7. The van der Waals surface area contributed by atoms with Gasteiger partial charge in [-0.3, -0.25) is 0 Å². The molecule has 1 saturated heterocycles. The van der Waals surface area contributed by atoms with Crippen LogP contribution in [-0.2, 0) is 0 Å². The minimum absolute atomic E-state index is 0.785. The van der Waals surface area contributed by atoms with E-state index in [9.17, 15) is 0 Å². The van der Waals surface area contributed by atoms with Crippen molar-refractivity contribution >= 4 is 17.5 Å². The first-order valence-electron chi connectivity index (χ1n) is 8.29. The summed E-state index contributed by atoms with van der Waals surface area (Å²) in [5.41, 5.74) is 2.14. The van der Waals surface area contributed by atoms with Gasteiger partial charge in [-0.2, -0.15) is 4.98 Å². The highest BCUT2D eigenvalue weighted by Crippen LogP contribution is 2.24. The Kier molecular flexibility index (Phi) is 4.76. The number of rotatable bonds is 4. The molecule has 1 aliphatic heterocycles. The molecule has 0 unspecified atom stereocenters. The lowest BCUT2D eigenvalue weighted by Crippen LogP contribution is -2.45. The quantitative estimate of drug-likeness (QED) is 0.867. The summed E-state index contributed by atoms with van der Waals surface area (Å²) >= 11 is 0. The number of anilines is 3. The Bertz CT molecular complexity index is 635. The highest BCUT2D eigenvalue weighted by molar-refractivity contribution is 5.59. The van der Waals surface area contributed by atoms with E-state index in [0.717, 1.165) is 55.9 Å². The molecule has 0 atom stereocenters. The number of para-hydroxylation sites is 1. The summed E-state index contributed by atoms with van der Waals surface area (Å²) in [6, 6.07) is 12.4. The van der Waals surface area contributed by atoms with Gasteiger partial charge >= 0.3 is 0 Å². The van der Waals surface area contributed by atoms with E-state index < -0.39 is 0 Å². The van der Waals surface area contributed by atoms with Gasteiger partial charge < -0.3 is 14.7 Å². The van der Waals surface area contributed by atoms with Crippen molar-refractivity contribution in [3.8, 4) is 0 Å². The van der Waals surface area contributed by atoms with Gasteiger partial charge in [0.15, 0.2) is 0 Å². The Labute approximate surface area is 138 Å². The van der Waals surface area contributed by atoms with Crippen LogP contribution in [0.4, 0.5) is 17.5 Å². The molecule has 2 heterocycles. The van der Waals surface area contributed by atoms with E-state index in [1.165, 1.54) is 0 Å². The molecule has 0 amide bonds. The molecule has 3 rings (SSSR count). The van der Waals surface area contributed by atoms with Gasteiger partial charge in [-0.1, -0.05) is 18.2 Å². The molecule has 1 aliphatic rings. The highest BCUT2D eigenvalue weighted by atomic mass is 15.3. The number of nitrogens with zero attached hydrogens (tertiary/aromatic N) is 5. The van der Waals surface area contributed by atoms with Gasteiger partial charge in [-0.05, 0) is 33.0 Å². The first-order chi connectivity index (χ1) is 11.2. The van der Waals surface area contributed by atoms with Crippen molar-refractivity contribution in [1.29, 1.82) is 0 Å². The minimum atomic E-state index is 0.785. The summed E-state index contributed by atoms with van der Waals surface area (Å²) in [5, 5.41) is 0. The largest absolute Gasteiger partial charge is 0.354 e. The molecule has 5 nitrogen and oxygen atoms in total. The fraction of sp³-hybridized carbons (Fsp3) is 0.444. The molecule has 23 heavy (non-hydrogen) atoms. The van der Waals surface area contributed by atoms with Gasteiger partial charge in [0.05, 0.1) is 0 Å². The molecule has 5 heteroatoms. The Balaban J connectivity index is 1.90. The zero-order chi connectivity index (χ0) is 16.2. The van der Waals surface area contributed by atoms with E-state index in [-0.39, 0.29) is 0 Å². The van der Waals surface area contributed by atoms with E-state index in [4.69, 9.17) is 4.98 Å². The predicted molar refractivity (Wildman–Crippen MR) is 95.6 cm³/mol. The molecule has 0 bridgehead atoms. The average Bonchev–Trinajstić information content (AvgIpc) is 2.57. The van der Waals surface area contributed by atoms with Crippen molar-refractivity contribution < 1.29 is 0 Å². The summed E-state index contributed by atoms with van der Waals surface area (Å²) in [6.45, 7) is 9.21. The molecule has 0 aliphatic carbocycles. The van der Waals surface area contributed by atoms with Crippen molar-refractivity contribution in [1.82, 2.24) is 14.9 Å². The van der Waals surface area contributed by atoms with Gasteiger partial charge in [0, 0.05) is 50.2 Å². The van der Waals surface area contributed by atoms with Crippen molar-refractivity contribution in [3.05, 3.63) is 42.1 Å². The molecule has 1 aromatic carbocycles. The number of aryl methyl sites for hydroxylation is 1. The lowest BCUT2D eigenvalue weighted by atomic mass is 10.3. The maximum Gasteiger partial charge on any atom is 0.232 e. The zero-order valence-corrected chi connectivity index (χ0v) is 14.2. The van der Waals surface area contributed by atoms with Crippen LogP contribution in [0.3, 0.4) is 0 Å². The lowest BCUT2D eigenvalue weighted by Gasteiger charge is -2.33. The Morgan fingerprint density at radius 2 is 1.74 bits per heavy atom. The summed E-state index contributed by atoms with van der Waals surface area (Å²) in [4.78, 5) is 16.4. The predicted octanol–water partition coefficient (Wildman–Crippen LogP) is 2.69. The molecule has 1 aromatic heterocycles. The average molecular weight is 311 g/mol. The van der Waals surface area contributed by atoms with Crippen LogP contribution in [-0.4, -0.2) is 54.6 Å². The second-order valence-electron chi connectivity index (χ2n) is 6.04. The number of piperazine rings is 1. The van der Waals surface area contributed by atoms with Gasteiger partial charge in [0.25, 0.3) is 0 Å². The number of hydrogen-bond acceptors (Lipinski definition) is 5. The summed E-state index contributed by atoms with van der Waals surface area (Å²) < 4.78 is 0. The standard InChI is InChI=1S/C18H25N5/c1-4-23(16-8-6-5-7-9-16)18-19-15(2)14-17(20-18)22-12-10-21(3)11-13-22/h5-9,14H,4,10-13H2,1-3H3. The zero-order valence-electron chi connectivity index (χ0n) is 14.2. The van der Waals surface area contributed by atoms with Crippen molar-refractivity contribution in [2.24, 2.45) is 0 Å². The summed E-state index contributed by atoms with van der Waals surface area (Å²) in [5.74, 6) is 1.82. The highest BCUT2D eigenvalue weighted by Gasteiger charge is 2.18. The molecule has 0 radical (unpaired) electrons. The van der Waals surface area contributed by atoms with E-state index in [0.29, 0.717) is 0 Å². The topological polar surface area (TPSA) is 35.5 Å². The Morgan fingerprint density at radius 3 is 2.39 bits per heavy atom. The van der Waals surface area contributed by atoms with Crippen LogP contribution < -0.4 is 9.80 Å². The van der Waals surface area contributed by atoms with Crippen LogP contribution in [0.25, 0.3) is 0 Å². The fourth-order valence-electron chi connectivity index (χ4n) is 2.90. The number of hydrogen-bond donors (Lipinski definition) is 0. The number of aromatic nitrogens is 2. The van der Waals surface area contributed by atoms with Gasteiger partial charge in [0.1, 0.15) is 5.82 Å². The van der Waals surface area contributed by atoms with Crippen molar-refractivity contribution in [2.75, 3.05) is 49.6 Å². The molecule has 0 spiro atoms. The van der Waals surface area contributed by atoms with E-state index in [2.05, 4.69) is 64.0 Å². The number of benzene rings is 1. The van der Waals surface area contributed by atoms with Crippen LogP contribution >= 0.6 is 0 Å². The molecule has 0 saturated carbocycles. The Hall–Kier alpha value is -2.14. The third kappa shape index (κ3) is 3.62. The van der Waals surface area contributed by atoms with E-state index in [1.807, 2.05) is 13.0 Å². The van der Waals surface area contributed by atoms with Gasteiger partial charge in [0.2, 0.25) is 5.95 Å². The number of likely N-dealkylation sites (N-methyl/N-ethyl adjacent to an activating group) is 1. The van der Waals surface area contributed by atoms with Crippen LogP contribution in [0.5, 0.6) is 0 Å². The van der Waals surface area contributed by atoms with Gasteiger partial charge in [-0.25, -0.2) is 4.98 Å². The Morgan fingerprint density at radius 1 is 1.04 bits per heavy atom. The second-order valence-corrected chi connectivity index (χ2v) is 6.04.